The van der Waals surface area contributed by atoms with Gasteiger partial charge in [0.15, 0.2) is 5.82 Å². The summed E-state index contributed by atoms with van der Waals surface area (Å²) in [6.07, 6.45) is 4.91. The van der Waals surface area contributed by atoms with Gasteiger partial charge in [-0.05, 0) is 24.3 Å². The second kappa shape index (κ2) is 4.29. The van der Waals surface area contributed by atoms with E-state index in [0.717, 1.165) is 16.6 Å². The summed E-state index contributed by atoms with van der Waals surface area (Å²) in [7, 11) is 0. The Kier molecular flexibility index (Phi) is 2.49. The number of nitrogen functional groups attached to an aromatic ring is 1. The topological polar surface area (TPSA) is 76.7 Å². The lowest BCUT2D eigenvalue weighted by molar-refractivity contribution is 1.21. The van der Waals surface area contributed by atoms with Crippen molar-refractivity contribution in [3.63, 3.8) is 0 Å². The smallest absolute Gasteiger partial charge is 0.151 e. The minimum absolute atomic E-state index is 0.391. The molecule has 5 heteroatoms. The molecule has 2 aromatic heterocycles. The van der Waals surface area contributed by atoms with Crippen LogP contribution in [0.4, 0.5) is 17.3 Å². The molecule has 0 aliphatic rings. The molecule has 0 unspecified atom stereocenters. The minimum Gasteiger partial charge on any atom is -0.382 e. The second-order valence-electron chi connectivity index (χ2n) is 3.87. The lowest BCUT2D eigenvalue weighted by Crippen LogP contribution is -1.98. The molecule has 3 N–H and O–H groups in total. The van der Waals surface area contributed by atoms with Crippen LogP contribution in [0.1, 0.15) is 0 Å². The van der Waals surface area contributed by atoms with Gasteiger partial charge in [-0.3, -0.25) is 9.97 Å². The van der Waals surface area contributed by atoms with Crippen LogP contribution in [-0.2, 0) is 0 Å². The predicted molar refractivity (Wildman–Crippen MR) is 71.5 cm³/mol. The Balaban J connectivity index is 1.95. The van der Waals surface area contributed by atoms with Crippen molar-refractivity contribution in [1.82, 2.24) is 15.0 Å². The zero-order valence-electron chi connectivity index (χ0n) is 9.54. The molecule has 0 aliphatic carbocycles. The third-order valence-electron chi connectivity index (χ3n) is 2.53. The SMILES string of the molecule is Nc1cncc(Nc2ccc3ncccc3c2)n1. The van der Waals surface area contributed by atoms with Gasteiger partial charge in [0, 0.05) is 17.3 Å². The molecular weight excluding hydrogens is 226 g/mol. The van der Waals surface area contributed by atoms with Gasteiger partial charge in [0.05, 0.1) is 17.9 Å². The Morgan fingerprint density at radius 1 is 1.11 bits per heavy atom. The zero-order chi connectivity index (χ0) is 12.4. The third-order valence-corrected chi connectivity index (χ3v) is 2.53. The van der Waals surface area contributed by atoms with Crippen LogP contribution in [0.2, 0.25) is 0 Å². The summed E-state index contributed by atoms with van der Waals surface area (Å²) < 4.78 is 0. The number of nitrogens with zero attached hydrogens (tertiary/aromatic N) is 3. The molecule has 3 rings (SSSR count). The number of benzene rings is 1. The number of anilines is 3. The maximum Gasteiger partial charge on any atom is 0.151 e. The Morgan fingerprint density at radius 2 is 2.06 bits per heavy atom. The van der Waals surface area contributed by atoms with Gasteiger partial charge in [0.25, 0.3) is 0 Å². The number of hydrogen-bond acceptors (Lipinski definition) is 5. The third kappa shape index (κ3) is 2.06. The fraction of sp³-hybridized carbons (Fsp3) is 0. The molecule has 88 valence electrons. The summed E-state index contributed by atoms with van der Waals surface area (Å²) in [6.45, 7) is 0. The summed E-state index contributed by atoms with van der Waals surface area (Å²) in [6, 6.07) is 9.83. The van der Waals surface area contributed by atoms with Crippen molar-refractivity contribution in [3.05, 3.63) is 48.9 Å². The summed E-state index contributed by atoms with van der Waals surface area (Å²) in [5, 5.41) is 4.22. The normalized spacial score (nSPS) is 10.4. The van der Waals surface area contributed by atoms with Gasteiger partial charge in [-0.1, -0.05) is 6.07 Å². The lowest BCUT2D eigenvalue weighted by atomic mass is 10.2. The van der Waals surface area contributed by atoms with E-state index in [9.17, 15) is 0 Å². The molecule has 3 aromatic rings. The van der Waals surface area contributed by atoms with Crippen LogP contribution in [0.25, 0.3) is 10.9 Å². The maximum absolute atomic E-state index is 5.58. The molecule has 0 fully saturated rings. The van der Waals surface area contributed by atoms with Gasteiger partial charge in [-0.2, -0.15) is 0 Å². The van der Waals surface area contributed by atoms with E-state index in [2.05, 4.69) is 20.3 Å². The van der Waals surface area contributed by atoms with Gasteiger partial charge in [0.1, 0.15) is 5.82 Å². The Labute approximate surface area is 104 Å². The highest BCUT2D eigenvalue weighted by Crippen LogP contribution is 2.19. The van der Waals surface area contributed by atoms with Crippen LogP contribution in [0.3, 0.4) is 0 Å². The average molecular weight is 237 g/mol. The van der Waals surface area contributed by atoms with E-state index in [1.807, 2.05) is 30.3 Å². The number of pyridine rings is 1. The van der Waals surface area contributed by atoms with Crippen molar-refractivity contribution in [1.29, 1.82) is 0 Å². The van der Waals surface area contributed by atoms with E-state index in [1.54, 1.807) is 12.4 Å². The maximum atomic E-state index is 5.58. The summed E-state index contributed by atoms with van der Waals surface area (Å²) in [5.74, 6) is 1.01. The van der Waals surface area contributed by atoms with Crippen molar-refractivity contribution in [2.24, 2.45) is 0 Å². The number of aromatic nitrogens is 3. The molecule has 2 heterocycles. The molecule has 0 atom stereocenters. The Morgan fingerprint density at radius 3 is 2.94 bits per heavy atom. The largest absolute Gasteiger partial charge is 0.382 e. The standard InChI is InChI=1S/C13H11N5/c14-12-7-15-8-13(18-12)17-10-3-4-11-9(6-10)2-1-5-16-11/h1-8H,(H3,14,17,18). The van der Waals surface area contributed by atoms with E-state index in [-0.39, 0.29) is 0 Å². The van der Waals surface area contributed by atoms with E-state index in [4.69, 9.17) is 5.73 Å². The summed E-state index contributed by atoms with van der Waals surface area (Å²) >= 11 is 0. The van der Waals surface area contributed by atoms with Crippen LogP contribution < -0.4 is 11.1 Å². The van der Waals surface area contributed by atoms with Gasteiger partial charge >= 0.3 is 0 Å². The molecule has 0 saturated carbocycles. The van der Waals surface area contributed by atoms with Crippen LogP contribution in [0, 0.1) is 0 Å². The van der Waals surface area contributed by atoms with Crippen molar-refractivity contribution in [2.45, 2.75) is 0 Å². The first kappa shape index (κ1) is 10.5. The molecule has 0 amide bonds. The van der Waals surface area contributed by atoms with Crippen LogP contribution in [0.15, 0.2) is 48.9 Å². The minimum atomic E-state index is 0.391. The summed E-state index contributed by atoms with van der Waals surface area (Å²) in [4.78, 5) is 12.4. The van der Waals surface area contributed by atoms with Crippen LogP contribution in [0.5, 0.6) is 0 Å². The van der Waals surface area contributed by atoms with Gasteiger partial charge in [-0.25, -0.2) is 4.98 Å². The van der Waals surface area contributed by atoms with E-state index >= 15 is 0 Å². The van der Waals surface area contributed by atoms with Gasteiger partial charge in [0.2, 0.25) is 0 Å². The van der Waals surface area contributed by atoms with Crippen molar-refractivity contribution < 1.29 is 0 Å². The number of nitrogens with two attached hydrogens (primary N) is 1. The second-order valence-corrected chi connectivity index (χ2v) is 3.87. The molecule has 5 nitrogen and oxygen atoms in total. The van der Waals surface area contributed by atoms with Gasteiger partial charge in [-0.15, -0.1) is 0 Å². The number of nitrogens with one attached hydrogen (secondary N) is 1. The lowest BCUT2D eigenvalue weighted by Gasteiger charge is -2.06. The van der Waals surface area contributed by atoms with Crippen molar-refractivity contribution in [2.75, 3.05) is 11.1 Å². The number of hydrogen-bond donors (Lipinski definition) is 2. The zero-order valence-corrected chi connectivity index (χ0v) is 9.54. The first-order valence-corrected chi connectivity index (χ1v) is 5.50. The van der Waals surface area contributed by atoms with E-state index in [0.29, 0.717) is 11.6 Å². The van der Waals surface area contributed by atoms with E-state index in [1.165, 1.54) is 6.20 Å². The van der Waals surface area contributed by atoms with Crippen LogP contribution in [-0.4, -0.2) is 15.0 Å². The van der Waals surface area contributed by atoms with Crippen molar-refractivity contribution in [3.8, 4) is 0 Å². The fourth-order valence-corrected chi connectivity index (χ4v) is 1.74. The first-order chi connectivity index (χ1) is 8.81. The van der Waals surface area contributed by atoms with Crippen LogP contribution >= 0.6 is 0 Å². The molecule has 0 aliphatic heterocycles. The molecule has 0 radical (unpaired) electrons. The number of rotatable bonds is 2. The fourth-order valence-electron chi connectivity index (χ4n) is 1.74. The molecule has 18 heavy (non-hydrogen) atoms. The molecule has 0 bridgehead atoms. The quantitative estimate of drug-likeness (QED) is 0.715. The molecule has 1 aromatic carbocycles. The van der Waals surface area contributed by atoms with Gasteiger partial charge < -0.3 is 11.1 Å². The Hall–Kier alpha value is -2.69. The molecule has 0 spiro atoms. The van der Waals surface area contributed by atoms with Crippen molar-refractivity contribution >= 4 is 28.2 Å². The highest BCUT2D eigenvalue weighted by molar-refractivity contribution is 5.82. The molecular formula is C13H11N5. The van der Waals surface area contributed by atoms with E-state index < -0.39 is 0 Å². The first-order valence-electron chi connectivity index (χ1n) is 5.50. The summed E-state index contributed by atoms with van der Waals surface area (Å²) in [5.41, 5.74) is 7.47. The highest BCUT2D eigenvalue weighted by Gasteiger charge is 1.99. The monoisotopic (exact) mass is 237 g/mol. The average Bonchev–Trinajstić information content (AvgIpc) is 2.39. The highest BCUT2D eigenvalue weighted by atomic mass is 15.0. The molecule has 0 saturated heterocycles. The Bertz CT molecular complexity index is 696. The predicted octanol–water partition coefficient (Wildman–Crippen LogP) is 2.35. The number of fused-ring (bicyclic) bond motifs is 1.